The normalized spacial score (nSPS) is 26.4. The highest BCUT2D eigenvalue weighted by atomic mass is 32.1. The number of thiocarbonyl (C=S) groups is 1. The molecule has 1 fully saturated rings. The van der Waals surface area contributed by atoms with Gasteiger partial charge in [-0.1, -0.05) is 12.2 Å². The Kier molecular flexibility index (Phi) is 3.11. The van der Waals surface area contributed by atoms with Crippen LogP contribution in [0.25, 0.3) is 0 Å². The van der Waals surface area contributed by atoms with Gasteiger partial charge in [-0.3, -0.25) is 10.9 Å². The van der Waals surface area contributed by atoms with Crippen molar-refractivity contribution in [2.75, 3.05) is 6.54 Å². The smallest absolute Gasteiger partial charge is 0.0228 e. The first kappa shape index (κ1) is 7.12. The number of rotatable bonds is 3. The Balaban J connectivity index is 2.04. The lowest BCUT2D eigenvalue weighted by molar-refractivity contribution is 0.532. The fourth-order valence-electron chi connectivity index (χ4n) is 1.02. The predicted octanol–water partition coefficient (Wildman–Crippen LogP) is 0.633. The number of hydrazine groups is 1. The van der Waals surface area contributed by atoms with Crippen LogP contribution in [0.4, 0.5) is 0 Å². The SMILES string of the molecule is S=CCCC1CCNN1. The third-order valence-corrected chi connectivity index (χ3v) is 1.79. The van der Waals surface area contributed by atoms with E-state index >= 15 is 0 Å². The minimum absolute atomic E-state index is 0.657. The Bertz CT molecular complexity index is 89.1. The van der Waals surface area contributed by atoms with E-state index in [-0.39, 0.29) is 0 Å². The second kappa shape index (κ2) is 3.93. The zero-order chi connectivity index (χ0) is 6.53. The van der Waals surface area contributed by atoms with Gasteiger partial charge < -0.3 is 0 Å². The monoisotopic (exact) mass is 144 g/mol. The lowest BCUT2D eigenvalue weighted by Crippen LogP contribution is -2.29. The molecule has 1 aliphatic heterocycles. The lowest BCUT2D eigenvalue weighted by Gasteiger charge is -2.04. The summed E-state index contributed by atoms with van der Waals surface area (Å²) >= 11 is 4.71. The van der Waals surface area contributed by atoms with Gasteiger partial charge in [0.1, 0.15) is 0 Å². The Hall–Kier alpha value is 0.0100. The van der Waals surface area contributed by atoms with E-state index in [0.29, 0.717) is 6.04 Å². The molecule has 9 heavy (non-hydrogen) atoms. The number of hydrogen-bond donors (Lipinski definition) is 2. The third-order valence-electron chi connectivity index (χ3n) is 1.56. The van der Waals surface area contributed by atoms with E-state index in [1.54, 1.807) is 5.37 Å². The van der Waals surface area contributed by atoms with Crippen LogP contribution in [0.5, 0.6) is 0 Å². The van der Waals surface area contributed by atoms with Crippen LogP contribution in [0.1, 0.15) is 19.3 Å². The summed E-state index contributed by atoms with van der Waals surface area (Å²) in [7, 11) is 0. The Labute approximate surface area is 61.0 Å². The van der Waals surface area contributed by atoms with Crippen molar-refractivity contribution in [1.82, 2.24) is 10.9 Å². The molecule has 0 saturated carbocycles. The molecule has 0 spiro atoms. The average molecular weight is 144 g/mol. The maximum absolute atomic E-state index is 4.71. The van der Waals surface area contributed by atoms with Crippen LogP contribution >= 0.6 is 12.2 Å². The van der Waals surface area contributed by atoms with E-state index in [1.807, 2.05) is 0 Å². The quantitative estimate of drug-likeness (QED) is 0.568. The Morgan fingerprint density at radius 2 is 2.56 bits per heavy atom. The zero-order valence-corrected chi connectivity index (χ0v) is 6.21. The minimum atomic E-state index is 0.657. The molecule has 2 nitrogen and oxygen atoms in total. The van der Waals surface area contributed by atoms with Crippen molar-refractivity contribution < 1.29 is 0 Å². The van der Waals surface area contributed by atoms with Gasteiger partial charge in [-0.2, -0.15) is 0 Å². The van der Waals surface area contributed by atoms with E-state index in [1.165, 1.54) is 12.8 Å². The average Bonchev–Trinajstić information content (AvgIpc) is 2.34. The van der Waals surface area contributed by atoms with Crippen molar-refractivity contribution in [3.8, 4) is 0 Å². The van der Waals surface area contributed by atoms with Gasteiger partial charge in [-0.05, 0) is 24.6 Å². The first-order valence-corrected chi connectivity index (χ1v) is 3.82. The molecule has 0 aromatic rings. The number of nitrogens with one attached hydrogen (secondary N) is 2. The van der Waals surface area contributed by atoms with Crippen molar-refractivity contribution in [3.05, 3.63) is 0 Å². The van der Waals surface area contributed by atoms with Crippen molar-refractivity contribution in [2.45, 2.75) is 25.3 Å². The van der Waals surface area contributed by atoms with Crippen molar-refractivity contribution >= 4 is 17.6 Å². The fraction of sp³-hybridized carbons (Fsp3) is 0.833. The molecular formula is C6H12N2S. The first-order chi connectivity index (χ1) is 4.43. The van der Waals surface area contributed by atoms with Crippen LogP contribution in [-0.4, -0.2) is 18.0 Å². The maximum atomic E-state index is 4.71. The van der Waals surface area contributed by atoms with Gasteiger partial charge in [0.2, 0.25) is 0 Å². The summed E-state index contributed by atoms with van der Waals surface area (Å²) in [5, 5.41) is 1.81. The lowest BCUT2D eigenvalue weighted by atomic mass is 10.1. The molecule has 0 radical (unpaired) electrons. The van der Waals surface area contributed by atoms with E-state index in [4.69, 9.17) is 12.2 Å². The van der Waals surface area contributed by atoms with Crippen LogP contribution < -0.4 is 10.9 Å². The molecule has 3 heteroatoms. The largest absolute Gasteiger partial charge is 0.258 e. The Morgan fingerprint density at radius 3 is 3.11 bits per heavy atom. The summed E-state index contributed by atoms with van der Waals surface area (Å²) < 4.78 is 0. The van der Waals surface area contributed by atoms with E-state index < -0.39 is 0 Å². The molecule has 0 bridgehead atoms. The standard InChI is InChI=1S/C6H12N2S/c9-5-1-2-6-3-4-7-8-6/h5-8H,1-4H2. The molecule has 1 unspecified atom stereocenters. The summed E-state index contributed by atoms with van der Waals surface area (Å²) in [5.74, 6) is 0. The van der Waals surface area contributed by atoms with E-state index in [2.05, 4.69) is 10.9 Å². The van der Waals surface area contributed by atoms with Crippen LogP contribution in [0.15, 0.2) is 0 Å². The van der Waals surface area contributed by atoms with Crippen molar-refractivity contribution in [2.24, 2.45) is 0 Å². The van der Waals surface area contributed by atoms with Crippen molar-refractivity contribution in [1.29, 1.82) is 0 Å². The van der Waals surface area contributed by atoms with Gasteiger partial charge in [-0.25, -0.2) is 0 Å². The molecular weight excluding hydrogens is 132 g/mol. The van der Waals surface area contributed by atoms with Gasteiger partial charge >= 0.3 is 0 Å². The molecule has 0 amide bonds. The predicted molar refractivity (Wildman–Crippen MR) is 42.4 cm³/mol. The third kappa shape index (κ3) is 2.39. The highest BCUT2D eigenvalue weighted by Crippen LogP contribution is 2.02. The molecule has 0 aliphatic carbocycles. The van der Waals surface area contributed by atoms with Gasteiger partial charge in [0, 0.05) is 12.6 Å². The molecule has 1 atom stereocenters. The van der Waals surface area contributed by atoms with E-state index in [9.17, 15) is 0 Å². The molecule has 52 valence electrons. The summed E-state index contributed by atoms with van der Waals surface area (Å²) in [5.41, 5.74) is 6.26. The van der Waals surface area contributed by atoms with Crippen LogP contribution in [0.2, 0.25) is 0 Å². The Morgan fingerprint density at radius 1 is 1.67 bits per heavy atom. The maximum Gasteiger partial charge on any atom is 0.0228 e. The summed E-state index contributed by atoms with van der Waals surface area (Å²) in [4.78, 5) is 0. The molecule has 0 aromatic heterocycles. The first-order valence-electron chi connectivity index (χ1n) is 3.35. The van der Waals surface area contributed by atoms with Gasteiger partial charge in [0.05, 0.1) is 0 Å². The summed E-state index contributed by atoms with van der Waals surface area (Å²) in [6, 6.07) is 0.657. The minimum Gasteiger partial charge on any atom is -0.258 e. The van der Waals surface area contributed by atoms with Crippen LogP contribution in [0.3, 0.4) is 0 Å². The fourth-order valence-corrected chi connectivity index (χ4v) is 1.16. The molecule has 1 heterocycles. The molecule has 2 N–H and O–H groups in total. The summed E-state index contributed by atoms with van der Waals surface area (Å²) in [6.45, 7) is 1.10. The summed E-state index contributed by atoms with van der Waals surface area (Å²) in [6.07, 6.45) is 3.47. The molecule has 0 aromatic carbocycles. The second-order valence-corrected chi connectivity index (χ2v) is 2.63. The van der Waals surface area contributed by atoms with Crippen molar-refractivity contribution in [3.63, 3.8) is 0 Å². The van der Waals surface area contributed by atoms with Crippen LogP contribution in [0, 0.1) is 0 Å². The van der Waals surface area contributed by atoms with Crippen LogP contribution in [-0.2, 0) is 0 Å². The second-order valence-electron chi connectivity index (χ2n) is 2.30. The van der Waals surface area contributed by atoms with Gasteiger partial charge in [0.25, 0.3) is 0 Å². The highest BCUT2D eigenvalue weighted by Gasteiger charge is 2.11. The zero-order valence-electron chi connectivity index (χ0n) is 5.39. The molecule has 1 aliphatic rings. The van der Waals surface area contributed by atoms with Gasteiger partial charge in [0.15, 0.2) is 0 Å². The molecule has 1 saturated heterocycles. The highest BCUT2D eigenvalue weighted by molar-refractivity contribution is 7.78. The van der Waals surface area contributed by atoms with E-state index in [0.717, 1.165) is 13.0 Å². The van der Waals surface area contributed by atoms with Gasteiger partial charge in [-0.15, -0.1) is 0 Å². The topological polar surface area (TPSA) is 24.1 Å². The number of hydrogen-bond acceptors (Lipinski definition) is 3. The molecule has 1 rings (SSSR count).